The molecule has 0 aliphatic heterocycles. The SMILES string of the molecule is O=S(=O)(Nc1nc2ccccc2nc1NC(CCO)c1ccccc1)c1ccccc1. The number of aliphatic hydroxyl groups is 1. The van der Waals surface area contributed by atoms with Crippen LogP contribution in [0, 0.1) is 0 Å². The summed E-state index contributed by atoms with van der Waals surface area (Å²) < 4.78 is 28.4. The van der Waals surface area contributed by atoms with Crippen LogP contribution in [0.25, 0.3) is 11.0 Å². The molecule has 1 aromatic heterocycles. The summed E-state index contributed by atoms with van der Waals surface area (Å²) in [5, 5.41) is 12.8. The maximum atomic E-state index is 12.9. The quantitative estimate of drug-likeness (QED) is 0.388. The zero-order valence-electron chi connectivity index (χ0n) is 16.6. The highest BCUT2D eigenvalue weighted by atomic mass is 32.2. The zero-order chi connectivity index (χ0) is 21.7. The van der Waals surface area contributed by atoms with E-state index in [0.29, 0.717) is 23.3 Å². The second kappa shape index (κ2) is 9.11. The van der Waals surface area contributed by atoms with Crippen molar-refractivity contribution in [1.82, 2.24) is 9.97 Å². The van der Waals surface area contributed by atoms with Gasteiger partial charge >= 0.3 is 0 Å². The summed E-state index contributed by atoms with van der Waals surface area (Å²) in [4.78, 5) is 9.26. The molecule has 1 atom stereocenters. The topological polar surface area (TPSA) is 104 Å². The van der Waals surface area contributed by atoms with Gasteiger partial charge in [-0.15, -0.1) is 0 Å². The van der Waals surface area contributed by atoms with Gasteiger partial charge in [-0.25, -0.2) is 18.4 Å². The summed E-state index contributed by atoms with van der Waals surface area (Å²) in [6, 6.07) is 24.7. The van der Waals surface area contributed by atoms with E-state index in [1.165, 1.54) is 12.1 Å². The van der Waals surface area contributed by atoms with Crippen molar-refractivity contribution < 1.29 is 13.5 Å². The van der Waals surface area contributed by atoms with Gasteiger partial charge in [-0.05, 0) is 36.2 Å². The van der Waals surface area contributed by atoms with Crippen molar-refractivity contribution in [1.29, 1.82) is 0 Å². The molecule has 0 fully saturated rings. The highest BCUT2D eigenvalue weighted by Gasteiger charge is 2.21. The van der Waals surface area contributed by atoms with Crippen LogP contribution in [0.1, 0.15) is 18.0 Å². The minimum absolute atomic E-state index is 0.0430. The van der Waals surface area contributed by atoms with Crippen LogP contribution < -0.4 is 10.0 Å². The summed E-state index contributed by atoms with van der Waals surface area (Å²) in [6.45, 7) is -0.0430. The molecular formula is C23H22N4O3S. The second-order valence-electron chi connectivity index (χ2n) is 6.95. The highest BCUT2D eigenvalue weighted by molar-refractivity contribution is 7.92. The Morgan fingerprint density at radius 3 is 1.94 bits per heavy atom. The van der Waals surface area contributed by atoms with Crippen LogP contribution in [0.4, 0.5) is 11.6 Å². The Balaban J connectivity index is 1.76. The van der Waals surface area contributed by atoms with Crippen molar-refractivity contribution in [2.75, 3.05) is 16.6 Å². The molecule has 3 aromatic carbocycles. The largest absolute Gasteiger partial charge is 0.396 e. The first-order valence-electron chi connectivity index (χ1n) is 9.84. The number of anilines is 2. The normalized spacial score (nSPS) is 12.4. The molecule has 0 aliphatic carbocycles. The Morgan fingerprint density at radius 1 is 0.774 bits per heavy atom. The fraction of sp³-hybridized carbons (Fsp3) is 0.130. The van der Waals surface area contributed by atoms with Crippen molar-refractivity contribution in [2.24, 2.45) is 0 Å². The molecule has 4 aromatic rings. The Hall–Kier alpha value is -3.49. The van der Waals surface area contributed by atoms with Crippen LogP contribution in [-0.4, -0.2) is 30.1 Å². The number of hydrogen-bond acceptors (Lipinski definition) is 6. The van der Waals surface area contributed by atoms with Gasteiger partial charge in [-0.3, -0.25) is 4.72 Å². The fourth-order valence-corrected chi connectivity index (χ4v) is 4.29. The molecule has 158 valence electrons. The fourth-order valence-electron chi connectivity index (χ4n) is 3.26. The molecule has 0 aliphatic rings. The van der Waals surface area contributed by atoms with Gasteiger partial charge in [-0.1, -0.05) is 60.7 Å². The lowest BCUT2D eigenvalue weighted by Crippen LogP contribution is -2.19. The molecule has 0 saturated carbocycles. The number of hydrogen-bond donors (Lipinski definition) is 3. The highest BCUT2D eigenvalue weighted by Crippen LogP contribution is 2.29. The molecule has 31 heavy (non-hydrogen) atoms. The zero-order valence-corrected chi connectivity index (χ0v) is 17.5. The number of nitrogens with one attached hydrogen (secondary N) is 2. The van der Waals surface area contributed by atoms with Crippen LogP contribution in [0.2, 0.25) is 0 Å². The van der Waals surface area contributed by atoms with E-state index >= 15 is 0 Å². The summed E-state index contributed by atoms with van der Waals surface area (Å²) >= 11 is 0. The molecule has 3 N–H and O–H groups in total. The summed E-state index contributed by atoms with van der Waals surface area (Å²) in [5.74, 6) is 0.391. The van der Waals surface area contributed by atoms with Crippen molar-refractivity contribution in [3.63, 3.8) is 0 Å². The number of benzene rings is 3. The van der Waals surface area contributed by atoms with E-state index in [4.69, 9.17) is 0 Å². The molecular weight excluding hydrogens is 412 g/mol. The number of sulfonamides is 1. The minimum Gasteiger partial charge on any atom is -0.396 e. The summed E-state index contributed by atoms with van der Waals surface area (Å²) in [7, 11) is -3.86. The molecule has 1 unspecified atom stereocenters. The van der Waals surface area contributed by atoms with Crippen molar-refractivity contribution >= 4 is 32.7 Å². The average Bonchev–Trinajstić information content (AvgIpc) is 2.80. The van der Waals surface area contributed by atoms with E-state index in [-0.39, 0.29) is 23.4 Å². The van der Waals surface area contributed by atoms with Gasteiger partial charge in [0.25, 0.3) is 10.0 Å². The average molecular weight is 435 g/mol. The number of aromatic nitrogens is 2. The predicted octanol–water partition coefficient (Wildman–Crippen LogP) is 3.97. The third-order valence-electron chi connectivity index (χ3n) is 4.79. The standard InChI is InChI=1S/C23H22N4O3S/c28-16-15-19(17-9-3-1-4-10-17)24-22-23(26-21-14-8-7-13-20(21)25-22)27-31(29,30)18-11-5-2-6-12-18/h1-14,19,28H,15-16H2,(H,24,25)(H,26,27). The first-order valence-corrected chi connectivity index (χ1v) is 11.3. The Labute approximate surface area is 180 Å². The van der Waals surface area contributed by atoms with E-state index < -0.39 is 10.0 Å². The maximum Gasteiger partial charge on any atom is 0.263 e. The maximum absolute atomic E-state index is 12.9. The third kappa shape index (κ3) is 4.82. The number of rotatable bonds is 8. The first-order chi connectivity index (χ1) is 15.1. The molecule has 8 heteroatoms. The number of nitrogens with zero attached hydrogens (tertiary/aromatic N) is 2. The minimum atomic E-state index is -3.86. The smallest absolute Gasteiger partial charge is 0.263 e. The monoisotopic (exact) mass is 434 g/mol. The molecule has 0 amide bonds. The van der Waals surface area contributed by atoms with Gasteiger partial charge in [-0.2, -0.15) is 0 Å². The molecule has 0 bridgehead atoms. The number of aliphatic hydroxyl groups excluding tert-OH is 1. The lowest BCUT2D eigenvalue weighted by atomic mass is 10.0. The van der Waals surface area contributed by atoms with Gasteiger partial charge in [0.15, 0.2) is 11.6 Å². The van der Waals surface area contributed by atoms with Crippen molar-refractivity contribution in [2.45, 2.75) is 17.4 Å². The Bertz CT molecular complexity index is 1270. The molecule has 0 spiro atoms. The van der Waals surface area contributed by atoms with Gasteiger partial charge in [0.1, 0.15) is 0 Å². The molecule has 4 rings (SSSR count). The Kier molecular flexibility index (Phi) is 6.11. The molecule has 1 heterocycles. The van der Waals surface area contributed by atoms with Crippen LogP contribution in [0.5, 0.6) is 0 Å². The van der Waals surface area contributed by atoms with Crippen molar-refractivity contribution in [3.8, 4) is 0 Å². The van der Waals surface area contributed by atoms with E-state index in [1.807, 2.05) is 48.5 Å². The van der Waals surface area contributed by atoms with Crippen LogP contribution in [0.3, 0.4) is 0 Å². The second-order valence-corrected chi connectivity index (χ2v) is 8.63. The summed E-state index contributed by atoms with van der Waals surface area (Å²) in [5.41, 5.74) is 2.14. The van der Waals surface area contributed by atoms with E-state index in [0.717, 1.165) is 5.56 Å². The van der Waals surface area contributed by atoms with Crippen molar-refractivity contribution in [3.05, 3.63) is 90.5 Å². The van der Waals surface area contributed by atoms with Gasteiger partial charge < -0.3 is 10.4 Å². The third-order valence-corrected chi connectivity index (χ3v) is 6.14. The predicted molar refractivity (Wildman–Crippen MR) is 121 cm³/mol. The number of fused-ring (bicyclic) bond motifs is 1. The van der Waals surface area contributed by atoms with Crippen LogP contribution in [-0.2, 0) is 10.0 Å². The van der Waals surface area contributed by atoms with E-state index in [9.17, 15) is 13.5 Å². The van der Waals surface area contributed by atoms with Gasteiger partial charge in [0.05, 0.1) is 22.0 Å². The van der Waals surface area contributed by atoms with Gasteiger partial charge in [0.2, 0.25) is 0 Å². The van der Waals surface area contributed by atoms with E-state index in [1.54, 1.807) is 24.3 Å². The number of para-hydroxylation sites is 2. The molecule has 7 nitrogen and oxygen atoms in total. The first kappa shape index (κ1) is 20.8. The summed E-state index contributed by atoms with van der Waals surface area (Å²) in [6.07, 6.45) is 0.420. The lowest BCUT2D eigenvalue weighted by molar-refractivity contribution is 0.280. The lowest BCUT2D eigenvalue weighted by Gasteiger charge is -2.21. The molecule has 0 radical (unpaired) electrons. The van der Waals surface area contributed by atoms with Crippen LogP contribution >= 0.6 is 0 Å². The molecule has 0 saturated heterocycles. The van der Waals surface area contributed by atoms with E-state index in [2.05, 4.69) is 20.0 Å². The Morgan fingerprint density at radius 2 is 1.32 bits per heavy atom. The van der Waals surface area contributed by atoms with Gasteiger partial charge in [0, 0.05) is 6.61 Å². The van der Waals surface area contributed by atoms with Crippen LogP contribution in [0.15, 0.2) is 89.8 Å².